The van der Waals surface area contributed by atoms with Crippen LogP contribution in [-0.4, -0.2) is 23.2 Å². The number of hydrogen-bond acceptors (Lipinski definition) is 2. The summed E-state index contributed by atoms with van der Waals surface area (Å²) in [5.74, 6) is 0.121. The van der Waals surface area contributed by atoms with Crippen LogP contribution in [0, 0.1) is 0 Å². The summed E-state index contributed by atoms with van der Waals surface area (Å²) < 4.78 is 6.05. The van der Waals surface area contributed by atoms with Crippen LogP contribution in [0.25, 0.3) is 0 Å². The zero-order chi connectivity index (χ0) is 8.53. The Labute approximate surface area is 83.8 Å². The third-order valence-electron chi connectivity index (χ3n) is 1.14. The fourth-order valence-electron chi connectivity index (χ4n) is 0.639. The van der Waals surface area contributed by atoms with Crippen molar-refractivity contribution in [1.29, 1.82) is 0 Å². The normalized spacial score (nSPS) is 9.73. The first-order valence-corrected chi connectivity index (χ1v) is 7.83. The average molecular weight is 345 g/mol. The molecule has 1 N–H and O–H groups in total. The average Bonchev–Trinajstić information content (AvgIpc) is 1.99. The van der Waals surface area contributed by atoms with Gasteiger partial charge >= 0.3 is 83.9 Å². The first-order chi connectivity index (χ1) is 5.31. The van der Waals surface area contributed by atoms with Gasteiger partial charge in [0.15, 0.2) is 0 Å². The molecule has 0 spiro atoms. The van der Waals surface area contributed by atoms with Gasteiger partial charge in [0.05, 0.1) is 0 Å². The molecule has 61 valence electrons. The summed E-state index contributed by atoms with van der Waals surface area (Å²) in [4.78, 5) is 10.8. The number of amides is 1. The zero-order valence-electron chi connectivity index (χ0n) is 7.06. The van der Waals surface area contributed by atoms with Gasteiger partial charge < -0.3 is 0 Å². The fourth-order valence-corrected chi connectivity index (χ4v) is 1.72. The number of hydrogen-bond donors (Lipinski definition) is 1. The van der Waals surface area contributed by atoms with Crippen molar-refractivity contribution in [2.24, 2.45) is 0 Å². The second-order valence-corrected chi connectivity index (χ2v) is 4.16. The molecule has 0 unspecified atom stereocenters. The fraction of sp³-hybridized carbons (Fsp3) is 0.857. The molecule has 0 rings (SSSR count). The van der Waals surface area contributed by atoms with E-state index in [1.807, 2.05) is 0 Å². The van der Waals surface area contributed by atoms with Crippen LogP contribution in [0.15, 0.2) is 0 Å². The zero-order valence-corrected chi connectivity index (χ0v) is 12.6. The molecule has 0 aromatic rings. The van der Waals surface area contributed by atoms with Gasteiger partial charge in [-0.2, -0.15) is 0 Å². The van der Waals surface area contributed by atoms with E-state index in [9.17, 15) is 4.79 Å². The molecule has 0 atom stereocenters. The van der Waals surface area contributed by atoms with E-state index < -0.39 is 0 Å². The third kappa shape index (κ3) is 8.27. The van der Waals surface area contributed by atoms with Crippen molar-refractivity contribution in [2.75, 3.05) is 17.3 Å². The topological polar surface area (TPSA) is 38.3 Å². The molecular weight excluding hydrogens is 331 g/mol. The Bertz CT molecular complexity index is 109. The third-order valence-corrected chi connectivity index (χ3v) is 2.12. The standard InChI is InChI=1S/C7H14NO2.Hg/c1-3-5-10-6-4-7(9)8-2;/h2-6H2,1H3,(H,8,9);. The monoisotopic (exact) mass is 346 g/mol. The number of nitrogens with one attached hydrogen (secondary N) is 1. The molecule has 0 aromatic carbocycles. The van der Waals surface area contributed by atoms with Crippen LogP contribution < -0.4 is 5.32 Å². The summed E-state index contributed by atoms with van der Waals surface area (Å²) in [6, 6.07) is 0. The van der Waals surface area contributed by atoms with Crippen LogP contribution in [0.1, 0.15) is 19.8 Å². The number of rotatable bonds is 6. The van der Waals surface area contributed by atoms with Gasteiger partial charge in [-0.1, -0.05) is 0 Å². The van der Waals surface area contributed by atoms with E-state index in [1.54, 1.807) is 0 Å². The molecule has 4 heteroatoms. The molecule has 0 aliphatic heterocycles. The minimum absolute atomic E-state index is 0.121. The van der Waals surface area contributed by atoms with Crippen LogP contribution in [0.5, 0.6) is 0 Å². The van der Waals surface area contributed by atoms with Crippen molar-refractivity contribution in [3.8, 4) is 0 Å². The Hall–Kier alpha value is 0.365. The van der Waals surface area contributed by atoms with Gasteiger partial charge in [0, 0.05) is 0 Å². The van der Waals surface area contributed by atoms with Crippen LogP contribution in [0.3, 0.4) is 0 Å². The van der Waals surface area contributed by atoms with E-state index in [2.05, 4.69) is 12.2 Å². The molecular formula is C7H14HgNO2. The van der Waals surface area contributed by atoms with Gasteiger partial charge in [0.2, 0.25) is 0 Å². The van der Waals surface area contributed by atoms with Gasteiger partial charge in [0.1, 0.15) is 0 Å². The molecule has 3 nitrogen and oxygen atoms in total. The van der Waals surface area contributed by atoms with E-state index >= 15 is 0 Å². The van der Waals surface area contributed by atoms with Gasteiger partial charge in [0.25, 0.3) is 0 Å². The summed E-state index contributed by atoms with van der Waals surface area (Å²) in [6.45, 7) is 3.38. The molecule has 0 saturated carbocycles. The minimum atomic E-state index is 0.121. The first kappa shape index (κ1) is 11.4. The van der Waals surface area contributed by atoms with E-state index in [-0.39, 0.29) is 5.91 Å². The van der Waals surface area contributed by atoms with Crippen LogP contribution in [-0.2, 0) is 35.7 Å². The second-order valence-electron chi connectivity index (χ2n) is 2.21. The van der Waals surface area contributed by atoms with Crippen LogP contribution in [0.2, 0.25) is 0 Å². The predicted octanol–water partition coefficient (Wildman–Crippen LogP) is 0.424. The molecule has 0 saturated heterocycles. The van der Waals surface area contributed by atoms with Gasteiger partial charge in [-0.3, -0.25) is 0 Å². The number of ether oxygens (including phenoxy) is 1. The first-order valence-electron chi connectivity index (χ1n) is 3.95. The van der Waals surface area contributed by atoms with Crippen molar-refractivity contribution in [1.82, 2.24) is 5.32 Å². The van der Waals surface area contributed by atoms with E-state index in [4.69, 9.17) is 4.74 Å². The van der Waals surface area contributed by atoms with Gasteiger partial charge in [-0.15, -0.1) is 0 Å². The molecule has 0 aromatic heterocycles. The van der Waals surface area contributed by atoms with Crippen molar-refractivity contribution in [3.05, 3.63) is 0 Å². The molecule has 0 aliphatic carbocycles. The number of carbonyl (C=O) groups is 1. The Balaban J connectivity index is 3.04. The summed E-state index contributed by atoms with van der Waals surface area (Å²) in [6.07, 6.45) is 1.53. The Morgan fingerprint density at radius 2 is 2.27 bits per heavy atom. The molecule has 0 fully saturated rings. The molecule has 1 amide bonds. The van der Waals surface area contributed by atoms with Crippen molar-refractivity contribution in [2.45, 2.75) is 19.8 Å². The van der Waals surface area contributed by atoms with E-state index in [0.29, 0.717) is 39.1 Å². The maximum absolute atomic E-state index is 10.8. The van der Waals surface area contributed by atoms with Gasteiger partial charge in [-0.25, -0.2) is 0 Å². The molecule has 0 bridgehead atoms. The Kier molecular flexibility index (Phi) is 8.74. The predicted molar refractivity (Wildman–Crippen MR) is 38.7 cm³/mol. The quantitative estimate of drug-likeness (QED) is 0.560. The van der Waals surface area contributed by atoms with Crippen LogP contribution >= 0.6 is 0 Å². The second kappa shape index (κ2) is 8.46. The summed E-state index contributed by atoms with van der Waals surface area (Å²) in [5, 5.41) is 2.79. The van der Waals surface area contributed by atoms with Crippen molar-refractivity contribution >= 4 is 5.91 Å². The maximum atomic E-state index is 10.8. The number of carbonyl (C=O) groups excluding carboxylic acids is 1. The Morgan fingerprint density at radius 1 is 1.55 bits per heavy atom. The van der Waals surface area contributed by atoms with Crippen molar-refractivity contribution in [3.63, 3.8) is 0 Å². The Morgan fingerprint density at radius 3 is 2.82 bits per heavy atom. The summed E-state index contributed by atoms with van der Waals surface area (Å²) >= 11 is 0.671. The van der Waals surface area contributed by atoms with E-state index in [0.717, 1.165) is 17.1 Å². The molecule has 0 aliphatic rings. The van der Waals surface area contributed by atoms with Gasteiger partial charge in [-0.05, 0) is 0 Å². The summed E-state index contributed by atoms with van der Waals surface area (Å²) in [5.41, 5.74) is 0. The SMILES string of the molecule is CCCOCCC(=O)N[CH2][Hg]. The van der Waals surface area contributed by atoms with Crippen molar-refractivity contribution < 1.29 is 35.7 Å². The summed E-state index contributed by atoms with van der Waals surface area (Å²) in [7, 11) is 0. The molecule has 0 heterocycles. The molecule has 11 heavy (non-hydrogen) atoms. The molecule has 0 radical (unpaired) electrons. The van der Waals surface area contributed by atoms with Crippen LogP contribution in [0.4, 0.5) is 0 Å². The van der Waals surface area contributed by atoms with E-state index in [1.165, 1.54) is 0 Å².